The second-order valence-corrected chi connectivity index (χ2v) is 5.32. The highest BCUT2D eigenvalue weighted by atomic mass is 16.3. The van der Waals surface area contributed by atoms with E-state index in [9.17, 15) is 4.79 Å². The van der Waals surface area contributed by atoms with Gasteiger partial charge < -0.3 is 4.42 Å². The molecule has 0 bridgehead atoms. The van der Waals surface area contributed by atoms with Crippen molar-refractivity contribution in [1.29, 1.82) is 0 Å². The van der Waals surface area contributed by atoms with Crippen LogP contribution < -0.4 is 5.56 Å². The Balaban J connectivity index is 1.98. The zero-order chi connectivity index (χ0) is 15.6. The molecule has 0 unspecified atom stereocenters. The molecule has 2 aromatic carbocycles. The molecule has 0 fully saturated rings. The number of furan rings is 1. The quantitative estimate of drug-likeness (QED) is 0.580. The summed E-state index contributed by atoms with van der Waals surface area (Å²) >= 11 is 0. The van der Waals surface area contributed by atoms with Crippen molar-refractivity contribution >= 4 is 11.0 Å². The summed E-state index contributed by atoms with van der Waals surface area (Å²) in [5.41, 5.74) is 2.10. The predicted molar refractivity (Wildman–Crippen MR) is 88.4 cm³/mol. The third-order valence-electron chi connectivity index (χ3n) is 3.89. The van der Waals surface area contributed by atoms with Crippen molar-refractivity contribution in [3.63, 3.8) is 0 Å². The lowest BCUT2D eigenvalue weighted by Crippen LogP contribution is -2.28. The molecular weight excluding hydrogens is 288 g/mol. The molecule has 0 N–H and O–H groups in total. The second kappa shape index (κ2) is 5.57. The second-order valence-electron chi connectivity index (χ2n) is 5.32. The smallest absolute Gasteiger partial charge is 0.311 e. The van der Waals surface area contributed by atoms with Crippen LogP contribution in [0.1, 0.15) is 17.2 Å². The summed E-state index contributed by atoms with van der Waals surface area (Å²) in [6.07, 6.45) is 3.18. The van der Waals surface area contributed by atoms with Gasteiger partial charge in [-0.25, -0.2) is 4.68 Å². The molecule has 4 nitrogen and oxygen atoms in total. The third-order valence-corrected chi connectivity index (χ3v) is 3.89. The highest BCUT2D eigenvalue weighted by Gasteiger charge is 2.20. The molecule has 2 aromatic heterocycles. The van der Waals surface area contributed by atoms with Crippen molar-refractivity contribution in [2.75, 3.05) is 0 Å². The van der Waals surface area contributed by atoms with Crippen LogP contribution in [0.5, 0.6) is 0 Å². The zero-order valence-corrected chi connectivity index (χ0v) is 12.3. The predicted octanol–water partition coefficient (Wildman–Crippen LogP) is 3.63. The minimum Gasteiger partial charge on any atom is -0.458 e. The van der Waals surface area contributed by atoms with E-state index in [1.807, 2.05) is 60.7 Å². The molecular formula is C19H14N2O2. The number of rotatable bonds is 3. The molecule has 0 spiro atoms. The van der Waals surface area contributed by atoms with E-state index < -0.39 is 0 Å². The Bertz CT molecular complexity index is 949. The van der Waals surface area contributed by atoms with Crippen LogP contribution in [0.25, 0.3) is 11.0 Å². The summed E-state index contributed by atoms with van der Waals surface area (Å²) in [5, 5.41) is 5.09. The number of benzene rings is 2. The Labute approximate surface area is 132 Å². The first-order chi connectivity index (χ1) is 11.3. The lowest BCUT2D eigenvalue weighted by Gasteiger charge is -2.19. The third kappa shape index (κ3) is 2.34. The molecule has 0 aliphatic heterocycles. The molecule has 112 valence electrons. The number of hydrogen-bond donors (Lipinski definition) is 0. The summed E-state index contributed by atoms with van der Waals surface area (Å²) in [4.78, 5) is 12.8. The van der Waals surface area contributed by atoms with Gasteiger partial charge >= 0.3 is 5.56 Å². The maximum atomic E-state index is 12.8. The van der Waals surface area contributed by atoms with Crippen LogP contribution in [-0.4, -0.2) is 9.78 Å². The molecule has 4 rings (SSSR count). The molecule has 0 atom stereocenters. The van der Waals surface area contributed by atoms with E-state index in [0.717, 1.165) is 11.1 Å². The molecule has 0 aliphatic carbocycles. The van der Waals surface area contributed by atoms with Gasteiger partial charge in [-0.1, -0.05) is 60.7 Å². The maximum Gasteiger partial charge on any atom is 0.311 e. The number of aromatic nitrogens is 2. The maximum absolute atomic E-state index is 12.8. The van der Waals surface area contributed by atoms with Crippen LogP contribution >= 0.6 is 0 Å². The fourth-order valence-corrected chi connectivity index (χ4v) is 2.80. The SMILES string of the molecule is O=c1c2occc2cnn1C(c1ccccc1)c1ccccc1. The van der Waals surface area contributed by atoms with Crippen molar-refractivity contribution in [2.24, 2.45) is 0 Å². The van der Waals surface area contributed by atoms with Gasteiger partial charge in [-0.2, -0.15) is 5.10 Å². The topological polar surface area (TPSA) is 48.0 Å². The highest BCUT2D eigenvalue weighted by Crippen LogP contribution is 2.25. The van der Waals surface area contributed by atoms with Gasteiger partial charge in [0.2, 0.25) is 5.58 Å². The van der Waals surface area contributed by atoms with Crippen LogP contribution in [0.3, 0.4) is 0 Å². The molecule has 23 heavy (non-hydrogen) atoms. The minimum absolute atomic E-state index is 0.231. The Morgan fingerprint density at radius 1 is 0.870 bits per heavy atom. The first-order valence-electron chi connectivity index (χ1n) is 7.39. The summed E-state index contributed by atoms with van der Waals surface area (Å²) < 4.78 is 6.82. The van der Waals surface area contributed by atoms with Gasteiger partial charge in [0.15, 0.2) is 0 Å². The van der Waals surface area contributed by atoms with Gasteiger partial charge in [-0.05, 0) is 17.2 Å². The number of hydrogen-bond acceptors (Lipinski definition) is 3. The van der Waals surface area contributed by atoms with Crippen LogP contribution in [0.4, 0.5) is 0 Å². The van der Waals surface area contributed by atoms with Crippen molar-refractivity contribution in [3.8, 4) is 0 Å². The van der Waals surface area contributed by atoms with Crippen molar-refractivity contribution in [2.45, 2.75) is 6.04 Å². The zero-order valence-electron chi connectivity index (χ0n) is 12.3. The van der Waals surface area contributed by atoms with Crippen LogP contribution in [0, 0.1) is 0 Å². The lowest BCUT2D eigenvalue weighted by molar-refractivity contribution is 0.543. The Morgan fingerprint density at radius 2 is 1.48 bits per heavy atom. The standard InChI is InChI=1S/C19H14N2O2/c22-19-18-16(11-12-23-18)13-20-21(19)17(14-7-3-1-4-8-14)15-9-5-2-6-10-15/h1-13,17H. The Morgan fingerprint density at radius 3 is 2.09 bits per heavy atom. The molecule has 4 aromatic rings. The minimum atomic E-state index is -0.292. The summed E-state index contributed by atoms with van der Waals surface area (Å²) in [6, 6.07) is 21.2. The van der Waals surface area contributed by atoms with E-state index in [1.165, 1.54) is 10.9 Å². The van der Waals surface area contributed by atoms with Crippen molar-refractivity contribution in [1.82, 2.24) is 9.78 Å². The summed E-state index contributed by atoms with van der Waals surface area (Å²) in [6.45, 7) is 0. The summed E-state index contributed by atoms with van der Waals surface area (Å²) in [7, 11) is 0. The van der Waals surface area contributed by atoms with Crippen LogP contribution in [0.2, 0.25) is 0 Å². The molecule has 2 heterocycles. The highest BCUT2D eigenvalue weighted by molar-refractivity contribution is 5.74. The van der Waals surface area contributed by atoms with Gasteiger partial charge in [0.1, 0.15) is 6.04 Å². The Kier molecular flexibility index (Phi) is 3.27. The van der Waals surface area contributed by atoms with Gasteiger partial charge in [0.05, 0.1) is 12.5 Å². The van der Waals surface area contributed by atoms with E-state index in [4.69, 9.17) is 4.42 Å². The Hall–Kier alpha value is -3.14. The average Bonchev–Trinajstić information content (AvgIpc) is 3.09. The van der Waals surface area contributed by atoms with Gasteiger partial charge in [-0.3, -0.25) is 4.79 Å². The van der Waals surface area contributed by atoms with E-state index in [-0.39, 0.29) is 11.6 Å². The first-order valence-corrected chi connectivity index (χ1v) is 7.39. The van der Waals surface area contributed by atoms with Gasteiger partial charge in [0.25, 0.3) is 0 Å². The van der Waals surface area contributed by atoms with Gasteiger partial charge in [0, 0.05) is 5.39 Å². The normalized spacial score (nSPS) is 11.2. The molecule has 0 saturated carbocycles. The molecule has 0 saturated heterocycles. The van der Waals surface area contributed by atoms with Crippen molar-refractivity contribution < 1.29 is 4.42 Å². The monoisotopic (exact) mass is 302 g/mol. The number of fused-ring (bicyclic) bond motifs is 1. The molecule has 0 amide bonds. The van der Waals surface area contributed by atoms with Gasteiger partial charge in [-0.15, -0.1) is 0 Å². The van der Waals surface area contributed by atoms with E-state index in [1.54, 1.807) is 12.3 Å². The fourth-order valence-electron chi connectivity index (χ4n) is 2.80. The lowest BCUT2D eigenvalue weighted by atomic mass is 9.99. The van der Waals surface area contributed by atoms with Crippen LogP contribution in [-0.2, 0) is 0 Å². The average molecular weight is 302 g/mol. The van der Waals surface area contributed by atoms with E-state index in [0.29, 0.717) is 11.0 Å². The fraction of sp³-hybridized carbons (Fsp3) is 0.0526. The molecule has 0 aliphatic rings. The van der Waals surface area contributed by atoms with Crippen molar-refractivity contribution in [3.05, 3.63) is 101 Å². The first kappa shape index (κ1) is 13.5. The van der Waals surface area contributed by atoms with Crippen LogP contribution in [0.15, 0.2) is 88.4 Å². The number of nitrogens with zero attached hydrogens (tertiary/aromatic N) is 2. The largest absolute Gasteiger partial charge is 0.458 e. The van der Waals surface area contributed by atoms with E-state index >= 15 is 0 Å². The molecule has 4 heteroatoms. The van der Waals surface area contributed by atoms with E-state index in [2.05, 4.69) is 5.10 Å². The molecule has 0 radical (unpaired) electrons. The summed E-state index contributed by atoms with van der Waals surface area (Å²) in [5.74, 6) is 0.